The van der Waals surface area contributed by atoms with Gasteiger partial charge in [-0.2, -0.15) is 0 Å². The molecule has 0 atom stereocenters. The third kappa shape index (κ3) is 1.93. The first-order chi connectivity index (χ1) is 9.08. The summed E-state index contributed by atoms with van der Waals surface area (Å²) in [4.78, 5) is 25.8. The first-order valence-electron chi connectivity index (χ1n) is 6.29. The Bertz CT molecular complexity index is 563. The number of anilines is 1. The maximum atomic E-state index is 12.2. The van der Waals surface area contributed by atoms with Crippen LogP contribution in [0.25, 0.3) is 0 Å². The molecule has 3 nitrogen and oxygen atoms in total. The van der Waals surface area contributed by atoms with Crippen LogP contribution in [-0.2, 0) is 4.79 Å². The van der Waals surface area contributed by atoms with Crippen LogP contribution in [0.15, 0.2) is 18.2 Å². The van der Waals surface area contributed by atoms with Gasteiger partial charge in [0, 0.05) is 11.9 Å². The van der Waals surface area contributed by atoms with E-state index < -0.39 is 11.7 Å². The van der Waals surface area contributed by atoms with Gasteiger partial charge in [-0.15, -0.1) is 0 Å². The number of nitrogens with zero attached hydrogens (tertiary/aromatic N) is 1. The zero-order chi connectivity index (χ0) is 13.6. The number of Topliss-reactive ketones (excluding diaryl/α,β-unsaturated/α-hetero) is 1. The Balaban J connectivity index is 1.98. The highest BCUT2D eigenvalue weighted by atomic mass is 79.9. The molecule has 1 aromatic carbocycles. The van der Waals surface area contributed by atoms with Crippen molar-refractivity contribution in [2.45, 2.75) is 19.3 Å². The number of benzene rings is 1. The number of fused-ring (bicyclic) bond motifs is 1. The van der Waals surface area contributed by atoms with Gasteiger partial charge in [0.05, 0.1) is 16.3 Å². The number of carbonyl (C=O) groups is 2. The molecule has 0 saturated heterocycles. The molecule has 0 radical (unpaired) electrons. The molecule has 0 bridgehead atoms. The van der Waals surface area contributed by atoms with Crippen LogP contribution in [0, 0.1) is 5.41 Å². The van der Waals surface area contributed by atoms with Crippen molar-refractivity contribution in [3.63, 3.8) is 0 Å². The smallest absolute Gasteiger partial charge is 0.299 e. The maximum absolute atomic E-state index is 12.2. The molecule has 100 valence electrons. The van der Waals surface area contributed by atoms with Gasteiger partial charge < -0.3 is 4.90 Å². The molecular weight excluding hydrogens is 330 g/mol. The summed E-state index contributed by atoms with van der Waals surface area (Å²) in [5.41, 5.74) is 1.13. The van der Waals surface area contributed by atoms with Gasteiger partial charge >= 0.3 is 0 Å². The molecule has 1 aliphatic heterocycles. The minimum atomic E-state index is -0.482. The summed E-state index contributed by atoms with van der Waals surface area (Å²) < 4.78 is 0. The number of rotatable bonds is 3. The zero-order valence-electron chi connectivity index (χ0n) is 10.3. The molecule has 0 aromatic heterocycles. The van der Waals surface area contributed by atoms with Crippen molar-refractivity contribution in [1.82, 2.24) is 0 Å². The van der Waals surface area contributed by atoms with Crippen molar-refractivity contribution in [3.05, 3.63) is 28.8 Å². The van der Waals surface area contributed by atoms with Crippen LogP contribution in [0.1, 0.15) is 29.6 Å². The lowest BCUT2D eigenvalue weighted by molar-refractivity contribution is -0.114. The average molecular weight is 343 g/mol. The lowest BCUT2D eigenvalue weighted by Crippen LogP contribution is -2.45. The number of ketones is 1. The number of hydrogen-bond donors (Lipinski definition) is 0. The van der Waals surface area contributed by atoms with Crippen molar-refractivity contribution in [2.24, 2.45) is 5.41 Å². The first kappa shape index (κ1) is 13.1. The molecule has 1 heterocycles. The quantitative estimate of drug-likeness (QED) is 0.623. The number of alkyl halides is 1. The van der Waals surface area contributed by atoms with Gasteiger partial charge in [-0.3, -0.25) is 9.59 Å². The largest absolute Gasteiger partial charge is 0.304 e. The van der Waals surface area contributed by atoms with Gasteiger partial charge in [0.2, 0.25) is 0 Å². The van der Waals surface area contributed by atoms with Gasteiger partial charge in [-0.1, -0.05) is 40.0 Å². The molecule has 19 heavy (non-hydrogen) atoms. The highest BCUT2D eigenvalue weighted by molar-refractivity contribution is 9.09. The normalized spacial score (nSPS) is 20.4. The van der Waals surface area contributed by atoms with Crippen LogP contribution in [0.2, 0.25) is 5.02 Å². The second-order valence-electron chi connectivity index (χ2n) is 5.34. The Kier molecular flexibility index (Phi) is 3.18. The highest BCUT2D eigenvalue weighted by Gasteiger charge is 2.44. The Morgan fingerprint density at radius 3 is 2.63 bits per heavy atom. The molecule has 3 rings (SSSR count). The second-order valence-corrected chi connectivity index (χ2v) is 6.31. The lowest BCUT2D eigenvalue weighted by atomic mass is 9.70. The summed E-state index contributed by atoms with van der Waals surface area (Å²) in [6, 6.07) is 5.23. The number of halogens is 2. The molecule has 2 aliphatic rings. The SMILES string of the molecule is O=C1C(=O)N(CC2(CBr)CCC2)c2cccc(Cl)c21. The average Bonchev–Trinajstić information content (AvgIpc) is 2.59. The monoisotopic (exact) mass is 341 g/mol. The molecule has 1 aliphatic carbocycles. The van der Waals surface area contributed by atoms with Crippen molar-refractivity contribution in [2.75, 3.05) is 16.8 Å². The van der Waals surface area contributed by atoms with Crippen molar-refractivity contribution >= 4 is 44.9 Å². The van der Waals surface area contributed by atoms with Gasteiger partial charge in [0.1, 0.15) is 0 Å². The number of hydrogen-bond acceptors (Lipinski definition) is 2. The van der Waals surface area contributed by atoms with Crippen LogP contribution in [0.5, 0.6) is 0 Å². The van der Waals surface area contributed by atoms with Crippen molar-refractivity contribution in [3.8, 4) is 0 Å². The predicted molar refractivity (Wildman–Crippen MR) is 78.2 cm³/mol. The van der Waals surface area contributed by atoms with Gasteiger partial charge in [-0.05, 0) is 30.4 Å². The van der Waals surface area contributed by atoms with Gasteiger partial charge in [-0.25, -0.2) is 0 Å². The van der Waals surface area contributed by atoms with E-state index in [1.54, 1.807) is 23.1 Å². The molecule has 1 aromatic rings. The summed E-state index contributed by atoms with van der Waals surface area (Å²) in [5.74, 6) is -0.931. The Morgan fingerprint density at radius 1 is 1.32 bits per heavy atom. The first-order valence-corrected chi connectivity index (χ1v) is 7.79. The molecule has 1 amide bonds. The van der Waals surface area contributed by atoms with E-state index in [1.165, 1.54) is 6.42 Å². The minimum absolute atomic E-state index is 0.111. The summed E-state index contributed by atoms with van der Waals surface area (Å²) >= 11 is 9.57. The standard InChI is InChI=1S/C14H13BrClNO2/c15-7-14(5-2-6-14)8-17-10-4-1-3-9(16)11(10)12(18)13(17)19/h1,3-4H,2,5-8H2. The summed E-state index contributed by atoms with van der Waals surface area (Å²) in [5, 5.41) is 1.22. The Morgan fingerprint density at radius 2 is 2.05 bits per heavy atom. The predicted octanol–water partition coefficient (Wildman–Crippen LogP) is 3.43. The van der Waals surface area contributed by atoms with E-state index >= 15 is 0 Å². The molecule has 0 N–H and O–H groups in total. The molecule has 5 heteroatoms. The third-order valence-corrected chi connectivity index (χ3v) is 5.64. The minimum Gasteiger partial charge on any atom is -0.304 e. The van der Waals surface area contributed by atoms with E-state index in [2.05, 4.69) is 15.9 Å². The Hall–Kier alpha value is -0.870. The van der Waals surface area contributed by atoms with E-state index in [0.29, 0.717) is 22.8 Å². The molecule has 1 fully saturated rings. The molecule has 0 spiro atoms. The van der Waals surface area contributed by atoms with Crippen LogP contribution >= 0.6 is 27.5 Å². The molecular formula is C14H13BrClNO2. The van der Waals surface area contributed by atoms with Gasteiger partial charge in [0.15, 0.2) is 0 Å². The van der Waals surface area contributed by atoms with Crippen LogP contribution in [0.3, 0.4) is 0 Å². The Labute approximate surface area is 125 Å². The highest BCUT2D eigenvalue weighted by Crippen LogP contribution is 2.45. The fourth-order valence-electron chi connectivity index (χ4n) is 2.80. The zero-order valence-corrected chi connectivity index (χ0v) is 12.6. The summed E-state index contributed by atoms with van der Waals surface area (Å²) in [6.45, 7) is 0.593. The maximum Gasteiger partial charge on any atom is 0.299 e. The lowest BCUT2D eigenvalue weighted by Gasteiger charge is -2.43. The van der Waals surface area contributed by atoms with Crippen molar-refractivity contribution in [1.29, 1.82) is 0 Å². The number of amides is 1. The van der Waals surface area contributed by atoms with E-state index in [1.807, 2.05) is 0 Å². The molecule has 0 unspecified atom stereocenters. The summed E-state index contributed by atoms with van der Waals surface area (Å²) in [7, 11) is 0. The van der Waals surface area contributed by atoms with E-state index in [4.69, 9.17) is 11.6 Å². The van der Waals surface area contributed by atoms with E-state index in [0.717, 1.165) is 18.2 Å². The van der Waals surface area contributed by atoms with Gasteiger partial charge in [0.25, 0.3) is 11.7 Å². The topological polar surface area (TPSA) is 37.4 Å². The van der Waals surface area contributed by atoms with Crippen LogP contribution in [0.4, 0.5) is 5.69 Å². The molecule has 1 saturated carbocycles. The van der Waals surface area contributed by atoms with Crippen molar-refractivity contribution < 1.29 is 9.59 Å². The van der Waals surface area contributed by atoms with Crippen LogP contribution in [-0.4, -0.2) is 23.6 Å². The summed E-state index contributed by atoms with van der Waals surface area (Å²) in [6.07, 6.45) is 3.36. The number of carbonyl (C=O) groups excluding carboxylic acids is 2. The third-order valence-electron chi connectivity index (χ3n) is 4.14. The van der Waals surface area contributed by atoms with Crippen LogP contribution < -0.4 is 4.90 Å². The second kappa shape index (κ2) is 4.60. The van der Waals surface area contributed by atoms with E-state index in [9.17, 15) is 9.59 Å². The fraction of sp³-hybridized carbons (Fsp3) is 0.429. The fourth-order valence-corrected chi connectivity index (χ4v) is 3.80. The van der Waals surface area contributed by atoms with E-state index in [-0.39, 0.29) is 5.41 Å².